The van der Waals surface area contributed by atoms with Gasteiger partial charge in [0.05, 0.1) is 10.6 Å². The Morgan fingerprint density at radius 2 is 1.94 bits per heavy atom. The third-order valence-corrected chi connectivity index (χ3v) is 2.60. The van der Waals surface area contributed by atoms with Gasteiger partial charge in [-0.15, -0.1) is 8.42 Å². The molecule has 3 rings (SSSR count). The number of rotatable bonds is 1. The van der Waals surface area contributed by atoms with Crippen molar-refractivity contribution < 1.29 is 21.7 Å². The molecular formula is C6H5N3O6S. The molecule has 86 valence electrons. The Kier molecular flexibility index (Phi) is 1.85. The highest BCUT2D eigenvalue weighted by atomic mass is 32.3. The average Bonchev–Trinajstić information content (AvgIpc) is 2.26. The van der Waals surface area contributed by atoms with E-state index in [9.17, 15) is 18.5 Å². The van der Waals surface area contributed by atoms with Crippen LogP contribution in [0.25, 0.3) is 0 Å². The SMILES string of the molecule is Nc1cc2c([N+](=O)[O-])c(N)c1OS(=O)(=O)O2. The van der Waals surface area contributed by atoms with Gasteiger partial charge in [-0.2, -0.15) is 0 Å². The van der Waals surface area contributed by atoms with Crippen LogP contribution in [0.4, 0.5) is 17.1 Å². The molecule has 1 aromatic rings. The molecule has 0 aromatic heterocycles. The summed E-state index contributed by atoms with van der Waals surface area (Å²) < 4.78 is 30.9. The molecule has 0 unspecified atom stereocenters. The summed E-state index contributed by atoms with van der Waals surface area (Å²) in [5.41, 5.74) is 9.43. The van der Waals surface area contributed by atoms with Crippen molar-refractivity contribution in [2.75, 3.05) is 11.5 Å². The summed E-state index contributed by atoms with van der Waals surface area (Å²) in [5.74, 6) is -1.06. The number of nitro groups is 1. The Balaban J connectivity index is 2.84. The van der Waals surface area contributed by atoms with Crippen molar-refractivity contribution in [2.24, 2.45) is 0 Å². The molecule has 2 aliphatic heterocycles. The van der Waals surface area contributed by atoms with Gasteiger partial charge in [-0.05, 0) is 0 Å². The molecule has 0 fully saturated rings. The van der Waals surface area contributed by atoms with Crippen LogP contribution in [0.15, 0.2) is 6.07 Å². The van der Waals surface area contributed by atoms with Crippen LogP contribution in [-0.2, 0) is 10.4 Å². The molecule has 4 N–H and O–H groups in total. The zero-order valence-electron chi connectivity index (χ0n) is 7.54. The predicted molar refractivity (Wildman–Crippen MR) is 52.1 cm³/mol. The van der Waals surface area contributed by atoms with Gasteiger partial charge in [-0.3, -0.25) is 10.1 Å². The van der Waals surface area contributed by atoms with Crippen LogP contribution < -0.4 is 19.8 Å². The van der Waals surface area contributed by atoms with E-state index in [-0.39, 0.29) is 5.69 Å². The maximum Gasteiger partial charge on any atom is 0.501 e. The van der Waals surface area contributed by atoms with Gasteiger partial charge >= 0.3 is 16.1 Å². The number of hydrogen-bond acceptors (Lipinski definition) is 8. The molecular weight excluding hydrogens is 242 g/mol. The predicted octanol–water partition coefficient (Wildman–Crippen LogP) is -0.225. The highest BCUT2D eigenvalue weighted by Gasteiger charge is 2.36. The molecule has 0 atom stereocenters. The lowest BCUT2D eigenvalue weighted by atomic mass is 10.2. The summed E-state index contributed by atoms with van der Waals surface area (Å²) in [6.07, 6.45) is 0. The molecule has 2 heterocycles. The molecule has 9 nitrogen and oxygen atoms in total. The fourth-order valence-corrected chi connectivity index (χ4v) is 2.02. The van der Waals surface area contributed by atoms with Gasteiger partial charge in [-0.1, -0.05) is 0 Å². The monoisotopic (exact) mass is 247 g/mol. The van der Waals surface area contributed by atoms with Crippen LogP contribution in [0.2, 0.25) is 0 Å². The first-order valence-corrected chi connectivity index (χ1v) is 5.15. The Morgan fingerprint density at radius 3 is 2.50 bits per heavy atom. The third kappa shape index (κ3) is 1.35. The summed E-state index contributed by atoms with van der Waals surface area (Å²) in [5, 5.41) is 10.7. The number of nitrogens with zero attached hydrogens (tertiary/aromatic N) is 1. The summed E-state index contributed by atoms with van der Waals surface area (Å²) in [7, 11) is -4.42. The van der Waals surface area contributed by atoms with Crippen molar-refractivity contribution >= 4 is 27.5 Å². The molecule has 0 amide bonds. The largest absolute Gasteiger partial charge is 0.501 e. The quantitative estimate of drug-likeness (QED) is 0.393. The maximum absolute atomic E-state index is 11.1. The highest BCUT2D eigenvalue weighted by molar-refractivity contribution is 7.82. The Labute approximate surface area is 89.0 Å². The second kappa shape index (κ2) is 2.88. The molecule has 10 heteroatoms. The molecule has 2 aliphatic rings. The summed E-state index contributed by atoms with van der Waals surface area (Å²) in [6, 6.07) is 0.967. The van der Waals surface area contributed by atoms with Crippen LogP contribution in [0, 0.1) is 10.1 Å². The van der Waals surface area contributed by atoms with Gasteiger partial charge in [0, 0.05) is 6.07 Å². The van der Waals surface area contributed by atoms with Crippen LogP contribution in [0.1, 0.15) is 0 Å². The van der Waals surface area contributed by atoms with Crippen LogP contribution >= 0.6 is 0 Å². The molecule has 0 radical (unpaired) electrons. The Hall–Kier alpha value is -2.23. The van der Waals surface area contributed by atoms with Gasteiger partial charge in [0.15, 0.2) is 11.4 Å². The van der Waals surface area contributed by atoms with Crippen LogP contribution in [-0.4, -0.2) is 13.3 Å². The van der Waals surface area contributed by atoms with E-state index in [0.717, 1.165) is 6.07 Å². The standard InChI is InChI=1S/C6H5N3O6S/c7-2-1-3-5(9(10)11)4(8)6(2)15-16(12,13)14-3/h1H,7-8H2. The maximum atomic E-state index is 11.1. The lowest BCUT2D eigenvalue weighted by Crippen LogP contribution is -2.14. The third-order valence-electron chi connectivity index (χ3n) is 1.84. The number of hydrogen-bond donors (Lipinski definition) is 2. The van der Waals surface area contributed by atoms with Gasteiger partial charge in [0.1, 0.15) is 0 Å². The van der Waals surface area contributed by atoms with Crippen LogP contribution in [0.3, 0.4) is 0 Å². The fraction of sp³-hybridized carbons (Fsp3) is 0. The number of benzene rings is 1. The molecule has 0 saturated carbocycles. The summed E-state index contributed by atoms with van der Waals surface area (Å²) in [6.45, 7) is 0. The van der Waals surface area contributed by atoms with E-state index in [1.54, 1.807) is 0 Å². The van der Waals surface area contributed by atoms with Gasteiger partial charge in [0.2, 0.25) is 5.75 Å². The molecule has 16 heavy (non-hydrogen) atoms. The zero-order valence-corrected chi connectivity index (χ0v) is 8.35. The minimum atomic E-state index is -4.42. The minimum Gasteiger partial charge on any atom is -0.395 e. The van der Waals surface area contributed by atoms with Crippen LogP contribution in [0.5, 0.6) is 11.5 Å². The Morgan fingerprint density at radius 1 is 1.31 bits per heavy atom. The van der Waals surface area contributed by atoms with Crippen molar-refractivity contribution in [2.45, 2.75) is 0 Å². The average molecular weight is 247 g/mol. The smallest absolute Gasteiger partial charge is 0.395 e. The van der Waals surface area contributed by atoms with E-state index in [0.29, 0.717) is 0 Å². The Bertz CT molecular complexity index is 595. The zero-order chi connectivity index (χ0) is 12.1. The first-order valence-electron chi connectivity index (χ1n) is 3.82. The van der Waals surface area contributed by atoms with Crippen molar-refractivity contribution in [3.8, 4) is 11.5 Å². The fourth-order valence-electron chi connectivity index (χ4n) is 1.24. The summed E-state index contributed by atoms with van der Waals surface area (Å²) in [4.78, 5) is 9.78. The number of fused-ring (bicyclic) bond motifs is 4. The van der Waals surface area contributed by atoms with Crippen molar-refractivity contribution in [3.05, 3.63) is 16.2 Å². The van der Waals surface area contributed by atoms with E-state index in [2.05, 4.69) is 8.37 Å². The lowest BCUT2D eigenvalue weighted by molar-refractivity contribution is -0.384. The van der Waals surface area contributed by atoms with E-state index >= 15 is 0 Å². The number of nitrogens with two attached hydrogens (primary N) is 2. The topological polar surface area (TPSA) is 148 Å². The van der Waals surface area contributed by atoms with E-state index in [4.69, 9.17) is 11.5 Å². The molecule has 0 saturated heterocycles. The number of nitrogen functional groups attached to an aromatic ring is 2. The molecule has 0 aliphatic carbocycles. The van der Waals surface area contributed by atoms with Crippen molar-refractivity contribution in [1.82, 2.24) is 0 Å². The molecule has 2 bridgehead atoms. The lowest BCUT2D eigenvalue weighted by Gasteiger charge is -2.02. The van der Waals surface area contributed by atoms with Gasteiger partial charge in [-0.25, -0.2) is 0 Å². The van der Waals surface area contributed by atoms with E-state index in [1.807, 2.05) is 0 Å². The molecule has 1 aromatic carbocycles. The number of anilines is 2. The molecule has 0 spiro atoms. The van der Waals surface area contributed by atoms with Crippen molar-refractivity contribution in [3.63, 3.8) is 0 Å². The number of nitro benzene ring substituents is 1. The normalized spacial score (nSPS) is 16.0. The second-order valence-electron chi connectivity index (χ2n) is 2.89. The summed E-state index contributed by atoms with van der Waals surface area (Å²) >= 11 is 0. The second-order valence-corrected chi connectivity index (χ2v) is 4.04. The minimum absolute atomic E-state index is 0.154. The highest BCUT2D eigenvalue weighted by Crippen LogP contribution is 2.47. The van der Waals surface area contributed by atoms with Crippen molar-refractivity contribution in [1.29, 1.82) is 0 Å². The van der Waals surface area contributed by atoms with Gasteiger partial charge in [0.25, 0.3) is 0 Å². The first-order chi connectivity index (χ1) is 7.32. The van der Waals surface area contributed by atoms with E-state index < -0.39 is 38.2 Å². The first kappa shape index (κ1) is 10.3. The van der Waals surface area contributed by atoms with E-state index in [1.165, 1.54) is 0 Å². The van der Waals surface area contributed by atoms with Gasteiger partial charge < -0.3 is 19.8 Å².